The number of piperazine rings is 1. The quantitative estimate of drug-likeness (QED) is 0.433. The van der Waals surface area contributed by atoms with E-state index in [-0.39, 0.29) is 35.3 Å². The van der Waals surface area contributed by atoms with Gasteiger partial charge in [0, 0.05) is 82.1 Å². The molecule has 238 valence electrons. The van der Waals surface area contributed by atoms with E-state index in [2.05, 4.69) is 20.0 Å². The predicted molar refractivity (Wildman–Crippen MR) is 161 cm³/mol. The average Bonchev–Trinajstić information content (AvgIpc) is 3.42. The Hall–Kier alpha value is -3.88. The molecule has 3 fully saturated rings. The van der Waals surface area contributed by atoms with E-state index >= 15 is 0 Å². The van der Waals surface area contributed by atoms with Crippen LogP contribution in [0.15, 0.2) is 35.2 Å². The highest BCUT2D eigenvalue weighted by Crippen LogP contribution is 2.44. The Morgan fingerprint density at radius 2 is 1.69 bits per heavy atom. The summed E-state index contributed by atoms with van der Waals surface area (Å²) >= 11 is 0. The van der Waals surface area contributed by atoms with Gasteiger partial charge in [0.25, 0.3) is 11.8 Å². The van der Waals surface area contributed by atoms with Gasteiger partial charge in [0.15, 0.2) is 9.84 Å². The number of alkyl halides is 1. The van der Waals surface area contributed by atoms with Crippen LogP contribution in [-0.4, -0.2) is 111 Å². The number of aliphatic hydroxyl groups is 1. The molecule has 0 saturated carbocycles. The molecule has 0 aromatic heterocycles. The summed E-state index contributed by atoms with van der Waals surface area (Å²) in [6.07, 6.45) is -1.75. The van der Waals surface area contributed by atoms with Crippen molar-refractivity contribution in [3.8, 4) is 0 Å². The summed E-state index contributed by atoms with van der Waals surface area (Å²) in [6, 6.07) is 7.35. The molecule has 4 amide bonds. The monoisotopic (exact) mass is 639 g/mol. The number of halogens is 1. The average molecular weight is 640 g/mol. The molecule has 4 heterocycles. The molecule has 3 atom stereocenters. The summed E-state index contributed by atoms with van der Waals surface area (Å²) in [7, 11) is -3.61. The van der Waals surface area contributed by atoms with E-state index in [1.807, 2.05) is 6.07 Å². The molecule has 14 heteroatoms. The number of nitrogens with one attached hydrogen (secondary N) is 1. The van der Waals surface area contributed by atoms with Crippen LogP contribution in [0.5, 0.6) is 0 Å². The number of anilines is 2. The molecule has 1 aliphatic carbocycles. The zero-order chi connectivity index (χ0) is 31.8. The van der Waals surface area contributed by atoms with Crippen molar-refractivity contribution >= 4 is 44.8 Å². The van der Waals surface area contributed by atoms with E-state index in [1.165, 1.54) is 6.07 Å². The van der Waals surface area contributed by atoms with Gasteiger partial charge in [-0.3, -0.25) is 34.3 Å². The molecule has 5 aliphatic rings. The molecule has 0 bridgehead atoms. The molecule has 2 aromatic rings. The number of imide groups is 2. The summed E-state index contributed by atoms with van der Waals surface area (Å²) < 4.78 is 39.0. The minimum absolute atomic E-state index is 0.0114. The molecule has 7 rings (SSSR count). The maximum atomic E-state index is 14.5. The second-order valence-corrected chi connectivity index (χ2v) is 14.6. The fraction of sp³-hybridized carbons (Fsp3) is 0.484. The number of sulfone groups is 1. The molecule has 2 N–H and O–H groups in total. The smallest absolute Gasteiger partial charge is 0.264 e. The van der Waals surface area contributed by atoms with Crippen LogP contribution in [0.4, 0.5) is 15.8 Å². The first-order valence-corrected chi connectivity index (χ1v) is 17.1. The predicted octanol–water partition coefficient (Wildman–Crippen LogP) is 0.677. The Kier molecular flexibility index (Phi) is 7.21. The summed E-state index contributed by atoms with van der Waals surface area (Å²) in [5.74, 6) is -1.73. The van der Waals surface area contributed by atoms with Crippen LogP contribution >= 0.6 is 0 Å². The molecular formula is C31H34FN5O7S. The number of benzene rings is 2. The third-order valence-corrected chi connectivity index (χ3v) is 10.9. The summed E-state index contributed by atoms with van der Waals surface area (Å²) in [5.41, 5.74) is 2.77. The van der Waals surface area contributed by atoms with Gasteiger partial charge >= 0.3 is 0 Å². The first-order chi connectivity index (χ1) is 21.4. The largest absolute Gasteiger partial charge is 0.385 e. The Morgan fingerprint density at radius 3 is 2.38 bits per heavy atom. The van der Waals surface area contributed by atoms with Crippen LogP contribution in [-0.2, 0) is 25.8 Å². The molecule has 45 heavy (non-hydrogen) atoms. The number of aliphatic hydroxyl groups excluding tert-OH is 1. The number of amides is 4. The van der Waals surface area contributed by atoms with Crippen molar-refractivity contribution in [1.82, 2.24) is 15.1 Å². The lowest BCUT2D eigenvalue weighted by atomic mass is 9.95. The molecule has 2 aromatic carbocycles. The minimum Gasteiger partial charge on any atom is -0.385 e. The lowest BCUT2D eigenvalue weighted by Gasteiger charge is -2.45. The first-order valence-electron chi connectivity index (χ1n) is 15.2. The van der Waals surface area contributed by atoms with E-state index in [9.17, 15) is 37.1 Å². The zero-order valence-corrected chi connectivity index (χ0v) is 25.6. The lowest BCUT2D eigenvalue weighted by molar-refractivity contribution is -0.136. The van der Waals surface area contributed by atoms with Crippen molar-refractivity contribution in [2.75, 3.05) is 61.9 Å². The number of carbonyl (C=O) groups excluding carboxylic acids is 4. The number of rotatable bonds is 6. The fourth-order valence-corrected chi connectivity index (χ4v) is 8.42. The molecule has 4 aliphatic heterocycles. The molecule has 0 radical (unpaired) electrons. The van der Waals surface area contributed by atoms with Crippen LogP contribution in [0.3, 0.4) is 0 Å². The summed E-state index contributed by atoms with van der Waals surface area (Å²) in [4.78, 5) is 58.3. The van der Waals surface area contributed by atoms with E-state index in [0.29, 0.717) is 35.8 Å². The number of hydrogen-bond acceptors (Lipinski definition) is 10. The fourth-order valence-electron chi connectivity index (χ4n) is 7.46. The van der Waals surface area contributed by atoms with Gasteiger partial charge in [0.2, 0.25) is 11.8 Å². The highest BCUT2D eigenvalue weighted by atomic mass is 32.2. The topological polar surface area (TPSA) is 148 Å². The van der Waals surface area contributed by atoms with Crippen LogP contribution < -0.4 is 15.1 Å². The van der Waals surface area contributed by atoms with E-state index < -0.39 is 51.8 Å². The van der Waals surface area contributed by atoms with Crippen LogP contribution in [0, 0.1) is 5.92 Å². The molecule has 2 unspecified atom stereocenters. The number of fused-ring (bicyclic) bond motifs is 2. The third kappa shape index (κ3) is 4.99. The van der Waals surface area contributed by atoms with Crippen molar-refractivity contribution in [2.24, 2.45) is 5.92 Å². The molecular weight excluding hydrogens is 605 g/mol. The van der Waals surface area contributed by atoms with Gasteiger partial charge in [0.1, 0.15) is 18.3 Å². The normalized spacial score (nSPS) is 25.8. The standard InChI is InChI=1S/C31H34FN5O7S/c1-45(43,44)24-7-5-21(19-13-20(32)28(39)27(19)24)36-15-17(16-36)14-34-9-11-35(12-10-34)22-4-2-3-18-26(22)31(42)37(30(18)41)23-6-8-25(38)33-29(23)40/h2-5,7,17,20,23,28,39H,6,8-16H2,1H3,(H,33,38,40)/t20?,23?,28-/m1/s1. The zero-order valence-electron chi connectivity index (χ0n) is 24.7. The summed E-state index contributed by atoms with van der Waals surface area (Å²) in [5, 5.41) is 12.6. The summed E-state index contributed by atoms with van der Waals surface area (Å²) in [6.45, 7) is 5.08. The number of hydrogen-bond donors (Lipinski definition) is 2. The van der Waals surface area contributed by atoms with Crippen molar-refractivity contribution in [2.45, 2.75) is 42.5 Å². The second kappa shape index (κ2) is 10.9. The first kappa shape index (κ1) is 29.8. The Labute approximate surface area is 259 Å². The van der Waals surface area contributed by atoms with Crippen LogP contribution in [0.25, 0.3) is 0 Å². The molecule has 12 nitrogen and oxygen atoms in total. The van der Waals surface area contributed by atoms with E-state index in [4.69, 9.17) is 0 Å². The second-order valence-electron chi connectivity index (χ2n) is 12.6. The van der Waals surface area contributed by atoms with E-state index in [1.54, 1.807) is 18.2 Å². The number of carbonyl (C=O) groups is 4. The number of piperidine rings is 1. The Morgan fingerprint density at radius 1 is 0.956 bits per heavy atom. The van der Waals surface area contributed by atoms with Crippen molar-refractivity contribution in [3.05, 3.63) is 52.6 Å². The van der Waals surface area contributed by atoms with E-state index in [0.717, 1.165) is 49.6 Å². The molecule has 0 spiro atoms. The van der Waals surface area contributed by atoms with Gasteiger partial charge in [-0.25, -0.2) is 12.8 Å². The van der Waals surface area contributed by atoms with Crippen molar-refractivity contribution < 1.29 is 37.1 Å². The van der Waals surface area contributed by atoms with Crippen LogP contribution in [0.1, 0.15) is 50.8 Å². The highest BCUT2D eigenvalue weighted by molar-refractivity contribution is 7.90. The van der Waals surface area contributed by atoms with Crippen molar-refractivity contribution in [3.63, 3.8) is 0 Å². The highest BCUT2D eigenvalue weighted by Gasteiger charge is 2.46. The van der Waals surface area contributed by atoms with Gasteiger partial charge in [-0.15, -0.1) is 0 Å². The maximum absolute atomic E-state index is 14.5. The Balaban J connectivity index is 0.982. The third-order valence-electron chi connectivity index (χ3n) is 9.70. The molecule has 3 saturated heterocycles. The van der Waals surface area contributed by atoms with Gasteiger partial charge in [-0.05, 0) is 36.2 Å². The SMILES string of the molecule is CS(=O)(=O)c1ccc(N2CC(CN3CCN(c4cccc5c4C(=O)N(C4CCC(=O)NC4=O)C5=O)CC3)C2)c2c1[C@H](O)C(F)C2. The minimum atomic E-state index is -3.61. The maximum Gasteiger partial charge on any atom is 0.264 e. The lowest BCUT2D eigenvalue weighted by Crippen LogP contribution is -2.55. The Bertz CT molecular complexity index is 1740. The van der Waals surface area contributed by atoms with Gasteiger partial charge in [0.05, 0.1) is 21.7 Å². The van der Waals surface area contributed by atoms with Gasteiger partial charge < -0.3 is 14.9 Å². The van der Waals surface area contributed by atoms with Gasteiger partial charge in [-0.2, -0.15) is 0 Å². The number of nitrogens with zero attached hydrogens (tertiary/aromatic N) is 4. The van der Waals surface area contributed by atoms with Crippen molar-refractivity contribution in [1.29, 1.82) is 0 Å². The van der Waals surface area contributed by atoms with Crippen LogP contribution in [0.2, 0.25) is 0 Å². The van der Waals surface area contributed by atoms with Gasteiger partial charge in [-0.1, -0.05) is 6.07 Å².